The number of aromatic amines is 1. The Morgan fingerprint density at radius 3 is 2.64 bits per heavy atom. The number of hydrogen-bond acceptors (Lipinski definition) is 5. The summed E-state index contributed by atoms with van der Waals surface area (Å²) in [6, 6.07) is 6.24. The zero-order valence-electron chi connectivity index (χ0n) is 19.1. The van der Waals surface area contributed by atoms with E-state index in [0.29, 0.717) is 24.3 Å². The van der Waals surface area contributed by atoms with Crippen LogP contribution in [0.15, 0.2) is 33.9 Å². The first-order chi connectivity index (χ1) is 15.8. The topological polar surface area (TPSA) is 100 Å². The van der Waals surface area contributed by atoms with Crippen LogP contribution < -0.4 is 21.5 Å². The summed E-state index contributed by atoms with van der Waals surface area (Å²) in [5, 5.41) is 2.72. The lowest BCUT2D eigenvalue weighted by molar-refractivity contribution is 0.102. The molecule has 0 saturated carbocycles. The molecule has 2 N–H and O–H groups in total. The lowest BCUT2D eigenvalue weighted by Gasteiger charge is -2.22. The predicted octanol–water partition coefficient (Wildman–Crippen LogP) is 3.61. The van der Waals surface area contributed by atoms with Gasteiger partial charge in [0.15, 0.2) is 5.65 Å². The number of anilines is 2. The number of pyridine rings is 1. The molecule has 1 amide bonds. The van der Waals surface area contributed by atoms with Crippen molar-refractivity contribution in [2.24, 2.45) is 0 Å². The molecule has 3 aromatic rings. The molecule has 1 fully saturated rings. The van der Waals surface area contributed by atoms with Gasteiger partial charge in [-0.15, -0.1) is 0 Å². The molecule has 1 saturated heterocycles. The third kappa shape index (κ3) is 4.27. The second-order valence-corrected chi connectivity index (χ2v) is 8.64. The van der Waals surface area contributed by atoms with Gasteiger partial charge >= 0.3 is 5.69 Å². The standard InChI is InChI=1S/C24H28FN5O3/c1-4-10-30-21-19(23(32)28-24(30)33)15(13-17(26-21)14(2)3)22(31)27-20-16(25)8-7-9-18(20)29-11-5-6-12-29/h7-9,13-14H,4-6,10-12H2,1-3H3,(H,27,31)(H,28,32,33). The smallest absolute Gasteiger partial charge is 0.329 e. The minimum Gasteiger partial charge on any atom is -0.370 e. The van der Waals surface area contributed by atoms with E-state index in [0.717, 1.165) is 25.9 Å². The lowest BCUT2D eigenvalue weighted by atomic mass is 10.0. The molecule has 1 aliphatic rings. The van der Waals surface area contributed by atoms with E-state index in [1.54, 1.807) is 18.2 Å². The van der Waals surface area contributed by atoms with Crippen LogP contribution in [0.25, 0.3) is 11.0 Å². The highest BCUT2D eigenvalue weighted by Crippen LogP contribution is 2.32. The zero-order chi connectivity index (χ0) is 23.7. The van der Waals surface area contributed by atoms with Crippen LogP contribution in [0.4, 0.5) is 15.8 Å². The van der Waals surface area contributed by atoms with E-state index < -0.39 is 23.0 Å². The molecule has 9 heteroatoms. The van der Waals surface area contributed by atoms with Crippen LogP contribution in [0.2, 0.25) is 0 Å². The summed E-state index contributed by atoms with van der Waals surface area (Å²) >= 11 is 0. The fourth-order valence-electron chi connectivity index (χ4n) is 4.24. The van der Waals surface area contributed by atoms with Crippen molar-refractivity contribution in [1.29, 1.82) is 0 Å². The molecule has 0 unspecified atom stereocenters. The van der Waals surface area contributed by atoms with E-state index in [1.165, 1.54) is 10.6 Å². The first kappa shape index (κ1) is 22.7. The number of carbonyl (C=O) groups is 1. The Balaban J connectivity index is 1.88. The first-order valence-electron chi connectivity index (χ1n) is 11.3. The van der Waals surface area contributed by atoms with Gasteiger partial charge in [-0.2, -0.15) is 0 Å². The van der Waals surface area contributed by atoms with Gasteiger partial charge in [0.1, 0.15) is 11.5 Å². The van der Waals surface area contributed by atoms with Crippen LogP contribution in [-0.2, 0) is 6.54 Å². The summed E-state index contributed by atoms with van der Waals surface area (Å²) in [4.78, 5) is 47.6. The molecule has 174 valence electrons. The van der Waals surface area contributed by atoms with Crippen molar-refractivity contribution < 1.29 is 9.18 Å². The van der Waals surface area contributed by atoms with Crippen LogP contribution in [-0.4, -0.2) is 33.5 Å². The predicted molar refractivity (Wildman–Crippen MR) is 127 cm³/mol. The molecule has 0 radical (unpaired) electrons. The van der Waals surface area contributed by atoms with Gasteiger partial charge in [-0.1, -0.05) is 26.8 Å². The second-order valence-electron chi connectivity index (χ2n) is 8.64. The fraction of sp³-hybridized carbons (Fsp3) is 0.417. The second kappa shape index (κ2) is 9.17. The van der Waals surface area contributed by atoms with E-state index >= 15 is 0 Å². The van der Waals surface area contributed by atoms with Gasteiger partial charge in [-0.3, -0.25) is 19.1 Å². The SMILES string of the molecule is CCCn1c(=O)[nH]c(=O)c2c(C(=O)Nc3c(F)cccc3N3CCCC3)cc(C(C)C)nc21. The van der Waals surface area contributed by atoms with E-state index in [2.05, 4.69) is 15.3 Å². The maximum absolute atomic E-state index is 14.8. The number of carbonyl (C=O) groups excluding carboxylic acids is 1. The summed E-state index contributed by atoms with van der Waals surface area (Å²) < 4.78 is 16.2. The minimum atomic E-state index is -0.691. The lowest BCUT2D eigenvalue weighted by Crippen LogP contribution is -2.32. The van der Waals surface area contributed by atoms with Gasteiger partial charge in [0.25, 0.3) is 11.5 Å². The molecule has 3 heterocycles. The largest absolute Gasteiger partial charge is 0.370 e. The number of fused-ring (bicyclic) bond motifs is 1. The van der Waals surface area contributed by atoms with Gasteiger partial charge < -0.3 is 10.2 Å². The van der Waals surface area contributed by atoms with Crippen molar-refractivity contribution in [1.82, 2.24) is 14.5 Å². The molecule has 0 bridgehead atoms. The maximum atomic E-state index is 14.8. The van der Waals surface area contributed by atoms with E-state index in [1.807, 2.05) is 25.7 Å². The maximum Gasteiger partial charge on any atom is 0.329 e. The Labute approximate surface area is 190 Å². The van der Waals surface area contributed by atoms with Crippen molar-refractivity contribution in [2.45, 2.75) is 52.5 Å². The Morgan fingerprint density at radius 1 is 1.24 bits per heavy atom. The number of H-pyrrole nitrogens is 1. The quantitative estimate of drug-likeness (QED) is 0.594. The average Bonchev–Trinajstić information content (AvgIpc) is 3.31. The number of rotatable bonds is 6. The van der Waals surface area contributed by atoms with Crippen LogP contribution in [0, 0.1) is 5.82 Å². The van der Waals surface area contributed by atoms with Gasteiger partial charge in [0, 0.05) is 25.3 Å². The number of benzene rings is 1. The molecule has 1 aliphatic heterocycles. The van der Waals surface area contributed by atoms with Gasteiger partial charge in [-0.05, 0) is 43.4 Å². The summed E-state index contributed by atoms with van der Waals surface area (Å²) in [5.41, 5.74) is 0.221. The number of nitrogens with one attached hydrogen (secondary N) is 2. The first-order valence-corrected chi connectivity index (χ1v) is 11.3. The molecule has 0 spiro atoms. The van der Waals surface area contributed by atoms with E-state index in [4.69, 9.17) is 0 Å². The van der Waals surface area contributed by atoms with Crippen molar-refractivity contribution in [3.63, 3.8) is 0 Å². The number of nitrogens with zero attached hydrogens (tertiary/aromatic N) is 3. The molecular formula is C24H28FN5O3. The van der Waals surface area contributed by atoms with E-state index in [-0.39, 0.29) is 28.2 Å². The third-order valence-electron chi connectivity index (χ3n) is 5.93. The third-order valence-corrected chi connectivity index (χ3v) is 5.93. The summed E-state index contributed by atoms with van der Waals surface area (Å²) in [6.07, 6.45) is 2.65. The van der Waals surface area contributed by atoms with Crippen molar-refractivity contribution in [3.05, 3.63) is 62.2 Å². The van der Waals surface area contributed by atoms with Gasteiger partial charge in [-0.25, -0.2) is 14.2 Å². The number of hydrogen-bond donors (Lipinski definition) is 2. The van der Waals surface area contributed by atoms with E-state index in [9.17, 15) is 18.8 Å². The summed E-state index contributed by atoms with van der Waals surface area (Å²) in [6.45, 7) is 7.63. The molecule has 2 aromatic heterocycles. The molecular weight excluding hydrogens is 425 g/mol. The van der Waals surface area contributed by atoms with Crippen LogP contribution in [0.3, 0.4) is 0 Å². The molecule has 8 nitrogen and oxygen atoms in total. The minimum absolute atomic E-state index is 0.0176. The number of aromatic nitrogens is 3. The van der Waals surface area contributed by atoms with Crippen LogP contribution in [0.1, 0.15) is 62.0 Å². The Hall–Kier alpha value is -3.49. The number of para-hydroxylation sites is 1. The Kier molecular flexibility index (Phi) is 6.31. The van der Waals surface area contributed by atoms with Crippen molar-refractivity contribution >= 4 is 28.3 Å². The van der Waals surface area contributed by atoms with Crippen LogP contribution >= 0.6 is 0 Å². The zero-order valence-corrected chi connectivity index (χ0v) is 19.1. The van der Waals surface area contributed by atoms with Gasteiger partial charge in [0.05, 0.1) is 16.6 Å². The molecule has 4 rings (SSSR count). The number of amides is 1. The Morgan fingerprint density at radius 2 is 1.97 bits per heavy atom. The highest BCUT2D eigenvalue weighted by Gasteiger charge is 2.24. The molecule has 1 aromatic carbocycles. The van der Waals surface area contributed by atoms with Crippen molar-refractivity contribution in [3.8, 4) is 0 Å². The number of halogens is 1. The summed E-state index contributed by atoms with van der Waals surface area (Å²) in [7, 11) is 0. The molecule has 0 aliphatic carbocycles. The fourth-order valence-corrected chi connectivity index (χ4v) is 4.24. The monoisotopic (exact) mass is 453 g/mol. The van der Waals surface area contributed by atoms with Crippen molar-refractivity contribution in [2.75, 3.05) is 23.3 Å². The highest BCUT2D eigenvalue weighted by atomic mass is 19.1. The summed E-state index contributed by atoms with van der Waals surface area (Å²) in [5.74, 6) is -1.23. The van der Waals surface area contributed by atoms with Crippen LogP contribution in [0.5, 0.6) is 0 Å². The highest BCUT2D eigenvalue weighted by molar-refractivity contribution is 6.13. The molecule has 33 heavy (non-hydrogen) atoms. The number of aryl methyl sites for hydroxylation is 1. The van der Waals surface area contributed by atoms with Gasteiger partial charge in [0.2, 0.25) is 0 Å². The average molecular weight is 454 g/mol. The Bertz CT molecular complexity index is 1320. The normalized spacial score (nSPS) is 13.8. The molecule has 0 atom stereocenters.